The molecule has 5 nitrogen and oxygen atoms in total. The molecule has 0 aliphatic carbocycles. The summed E-state index contributed by atoms with van der Waals surface area (Å²) in [5.41, 5.74) is 7.06. The third-order valence-electron chi connectivity index (χ3n) is 2.80. The molecule has 112 valence electrons. The number of halogens is 2. The zero-order valence-corrected chi connectivity index (χ0v) is 13.4. The molecule has 0 saturated heterocycles. The summed E-state index contributed by atoms with van der Waals surface area (Å²) in [5, 5.41) is 2.95. The van der Waals surface area contributed by atoms with Crippen LogP contribution in [0, 0.1) is 5.82 Å². The SMILES string of the molecule is CNS(=O)(=O)c1ccc(Nc2cc(F)ccc2Br)c(N)c1. The van der Waals surface area contributed by atoms with Crippen molar-refractivity contribution in [2.45, 2.75) is 4.90 Å². The van der Waals surface area contributed by atoms with Crippen molar-refractivity contribution in [2.24, 2.45) is 0 Å². The fraction of sp³-hybridized carbons (Fsp3) is 0.0769. The lowest BCUT2D eigenvalue weighted by molar-refractivity contribution is 0.588. The molecule has 0 aromatic heterocycles. The average Bonchev–Trinajstić information content (AvgIpc) is 2.44. The Morgan fingerprint density at radius 2 is 1.86 bits per heavy atom. The number of nitrogens with two attached hydrogens (primary N) is 1. The number of nitrogen functional groups attached to an aromatic ring is 1. The Bertz CT molecular complexity index is 781. The number of benzene rings is 2. The van der Waals surface area contributed by atoms with Gasteiger partial charge in [0, 0.05) is 4.47 Å². The normalized spacial score (nSPS) is 11.4. The highest BCUT2D eigenvalue weighted by Crippen LogP contribution is 2.30. The van der Waals surface area contributed by atoms with Crippen molar-refractivity contribution in [1.29, 1.82) is 0 Å². The van der Waals surface area contributed by atoms with E-state index in [1.807, 2.05) is 0 Å². The van der Waals surface area contributed by atoms with Crippen molar-refractivity contribution in [3.63, 3.8) is 0 Å². The minimum Gasteiger partial charge on any atom is -0.397 e. The lowest BCUT2D eigenvalue weighted by atomic mass is 10.2. The fourth-order valence-electron chi connectivity index (χ4n) is 1.68. The van der Waals surface area contributed by atoms with Gasteiger partial charge in [0.05, 0.1) is 22.0 Å². The molecule has 0 radical (unpaired) electrons. The van der Waals surface area contributed by atoms with Crippen molar-refractivity contribution in [3.05, 3.63) is 46.7 Å². The smallest absolute Gasteiger partial charge is 0.240 e. The van der Waals surface area contributed by atoms with E-state index < -0.39 is 15.8 Å². The molecule has 2 rings (SSSR count). The van der Waals surface area contributed by atoms with E-state index in [4.69, 9.17) is 5.73 Å². The summed E-state index contributed by atoms with van der Waals surface area (Å²) < 4.78 is 39.5. The minimum absolute atomic E-state index is 0.0614. The molecule has 0 heterocycles. The zero-order valence-electron chi connectivity index (χ0n) is 11.0. The average molecular weight is 374 g/mol. The molecule has 0 atom stereocenters. The van der Waals surface area contributed by atoms with Crippen molar-refractivity contribution in [2.75, 3.05) is 18.1 Å². The van der Waals surface area contributed by atoms with Crippen LogP contribution >= 0.6 is 15.9 Å². The van der Waals surface area contributed by atoms with Gasteiger partial charge < -0.3 is 11.1 Å². The van der Waals surface area contributed by atoms with Gasteiger partial charge in [0.15, 0.2) is 0 Å². The van der Waals surface area contributed by atoms with Crippen molar-refractivity contribution in [3.8, 4) is 0 Å². The second-order valence-electron chi connectivity index (χ2n) is 4.21. The first-order valence-corrected chi connectivity index (χ1v) is 8.16. The van der Waals surface area contributed by atoms with Crippen LogP contribution in [0.1, 0.15) is 0 Å². The van der Waals surface area contributed by atoms with E-state index in [1.54, 1.807) is 6.07 Å². The molecule has 2 aromatic carbocycles. The van der Waals surface area contributed by atoms with Crippen molar-refractivity contribution < 1.29 is 12.8 Å². The number of hydrogen-bond donors (Lipinski definition) is 3. The highest BCUT2D eigenvalue weighted by atomic mass is 79.9. The monoisotopic (exact) mass is 373 g/mol. The van der Waals surface area contributed by atoms with Gasteiger partial charge >= 0.3 is 0 Å². The highest BCUT2D eigenvalue weighted by molar-refractivity contribution is 9.10. The predicted molar refractivity (Wildman–Crippen MR) is 84.5 cm³/mol. The van der Waals surface area contributed by atoms with Gasteiger partial charge in [0.1, 0.15) is 5.82 Å². The fourth-order valence-corrected chi connectivity index (χ4v) is 2.79. The Morgan fingerprint density at radius 1 is 1.14 bits per heavy atom. The molecule has 21 heavy (non-hydrogen) atoms. The summed E-state index contributed by atoms with van der Waals surface area (Å²) in [5.74, 6) is -0.395. The maximum atomic E-state index is 13.2. The molecule has 2 aromatic rings. The van der Waals surface area contributed by atoms with Crippen LogP contribution in [0.3, 0.4) is 0 Å². The van der Waals surface area contributed by atoms with Crippen molar-refractivity contribution in [1.82, 2.24) is 4.72 Å². The van der Waals surface area contributed by atoms with Crippen LogP contribution in [0.15, 0.2) is 45.8 Å². The molecule has 0 amide bonds. The summed E-state index contributed by atoms with van der Waals surface area (Å²) in [4.78, 5) is 0.0614. The first kappa shape index (κ1) is 15.7. The third-order valence-corrected chi connectivity index (χ3v) is 4.90. The quantitative estimate of drug-likeness (QED) is 0.719. The number of rotatable bonds is 4. The third kappa shape index (κ3) is 3.52. The molecule has 0 fully saturated rings. The van der Waals surface area contributed by atoms with Gasteiger partial charge in [-0.2, -0.15) is 0 Å². The molecule has 0 bridgehead atoms. The number of nitrogens with one attached hydrogen (secondary N) is 2. The number of sulfonamides is 1. The van der Waals surface area contributed by atoms with Crippen LogP contribution in [-0.4, -0.2) is 15.5 Å². The van der Waals surface area contributed by atoms with Gasteiger partial charge in [-0.1, -0.05) is 0 Å². The van der Waals surface area contributed by atoms with Gasteiger partial charge in [-0.05, 0) is 59.4 Å². The van der Waals surface area contributed by atoms with Gasteiger partial charge in [0.2, 0.25) is 10.0 Å². The molecular weight excluding hydrogens is 361 g/mol. The second kappa shape index (κ2) is 6.00. The molecule has 0 aliphatic heterocycles. The van der Waals surface area contributed by atoms with Crippen LogP contribution in [0.5, 0.6) is 0 Å². The number of anilines is 3. The summed E-state index contributed by atoms with van der Waals surface area (Å²) in [6.45, 7) is 0. The topological polar surface area (TPSA) is 84.2 Å². The van der Waals surface area contributed by atoms with Gasteiger partial charge in [0.25, 0.3) is 0 Å². The van der Waals surface area contributed by atoms with E-state index in [0.717, 1.165) is 0 Å². The Balaban J connectivity index is 2.36. The first-order chi connectivity index (χ1) is 9.83. The summed E-state index contributed by atoms with van der Waals surface area (Å²) in [6, 6.07) is 8.46. The molecular formula is C13H13BrFN3O2S. The molecule has 8 heteroatoms. The maximum Gasteiger partial charge on any atom is 0.240 e. The van der Waals surface area contributed by atoms with E-state index in [-0.39, 0.29) is 10.6 Å². The van der Waals surface area contributed by atoms with Gasteiger partial charge in [-0.25, -0.2) is 17.5 Å². The molecule has 0 unspecified atom stereocenters. The van der Waals surface area contributed by atoms with E-state index in [2.05, 4.69) is 26.0 Å². The highest BCUT2D eigenvalue weighted by Gasteiger charge is 2.13. The van der Waals surface area contributed by atoms with Crippen LogP contribution in [-0.2, 0) is 10.0 Å². The van der Waals surface area contributed by atoms with E-state index in [0.29, 0.717) is 15.8 Å². The van der Waals surface area contributed by atoms with E-state index in [9.17, 15) is 12.8 Å². The summed E-state index contributed by atoms with van der Waals surface area (Å²) in [7, 11) is -2.23. The number of hydrogen-bond acceptors (Lipinski definition) is 4. The largest absolute Gasteiger partial charge is 0.397 e. The Morgan fingerprint density at radius 3 is 2.48 bits per heavy atom. The second-order valence-corrected chi connectivity index (χ2v) is 6.95. The zero-order chi connectivity index (χ0) is 15.6. The summed E-state index contributed by atoms with van der Waals surface area (Å²) in [6.07, 6.45) is 0. The maximum absolute atomic E-state index is 13.2. The lowest BCUT2D eigenvalue weighted by Gasteiger charge is -2.12. The first-order valence-electron chi connectivity index (χ1n) is 5.88. The Hall–Kier alpha value is -1.64. The molecule has 4 N–H and O–H groups in total. The van der Waals surface area contributed by atoms with E-state index in [1.165, 1.54) is 37.4 Å². The Kier molecular flexibility index (Phi) is 4.50. The van der Waals surface area contributed by atoms with Crippen LogP contribution in [0.25, 0.3) is 0 Å². The Labute approximate surface area is 130 Å². The summed E-state index contributed by atoms with van der Waals surface area (Å²) >= 11 is 3.29. The van der Waals surface area contributed by atoms with E-state index >= 15 is 0 Å². The molecule has 0 aliphatic rings. The van der Waals surface area contributed by atoms with Gasteiger partial charge in [-0.3, -0.25) is 0 Å². The van der Waals surface area contributed by atoms with Crippen LogP contribution in [0.4, 0.5) is 21.5 Å². The van der Waals surface area contributed by atoms with Crippen LogP contribution in [0.2, 0.25) is 0 Å². The van der Waals surface area contributed by atoms with Crippen LogP contribution < -0.4 is 15.8 Å². The predicted octanol–water partition coefficient (Wildman–Crippen LogP) is 2.82. The van der Waals surface area contributed by atoms with Crippen molar-refractivity contribution >= 4 is 43.0 Å². The lowest BCUT2D eigenvalue weighted by Crippen LogP contribution is -2.18. The molecule has 0 saturated carbocycles. The molecule has 0 spiro atoms. The standard InChI is InChI=1S/C13H13BrFN3O2S/c1-17-21(19,20)9-3-5-12(11(16)7-9)18-13-6-8(15)2-4-10(13)14/h2-7,17-18H,16H2,1H3. The minimum atomic E-state index is -3.55. The van der Waals surface area contributed by atoms with Gasteiger partial charge in [-0.15, -0.1) is 0 Å².